The fourth-order valence-electron chi connectivity index (χ4n) is 1.27. The van der Waals surface area contributed by atoms with Crippen LogP contribution in [0.25, 0.3) is 0 Å². The van der Waals surface area contributed by atoms with E-state index < -0.39 is 0 Å². The molecule has 3 N–H and O–H groups in total. The summed E-state index contributed by atoms with van der Waals surface area (Å²) in [5, 5.41) is 0. The van der Waals surface area contributed by atoms with Crippen molar-refractivity contribution in [3.63, 3.8) is 0 Å². The summed E-state index contributed by atoms with van der Waals surface area (Å²) in [5.74, 6) is 6.97. The topological polar surface area (TPSA) is 56.5 Å². The molecule has 14 heavy (non-hydrogen) atoms. The molecule has 0 spiro atoms. The fourth-order valence-corrected chi connectivity index (χ4v) is 1.27. The molecule has 0 fully saturated rings. The number of nitrogens with one attached hydrogen (secondary N) is 1. The Kier molecular flexibility index (Phi) is 3.73. The van der Waals surface area contributed by atoms with Gasteiger partial charge in [-0.3, -0.25) is 11.3 Å². The van der Waals surface area contributed by atoms with E-state index in [1.807, 2.05) is 25.1 Å². The summed E-state index contributed by atoms with van der Waals surface area (Å²) in [4.78, 5) is 0. The zero-order valence-corrected chi connectivity index (χ0v) is 8.70. The lowest BCUT2D eigenvalue weighted by atomic mass is 10.1. The van der Waals surface area contributed by atoms with Crippen LogP contribution in [0.15, 0.2) is 18.2 Å². The molecule has 0 aliphatic heterocycles. The lowest BCUT2D eigenvalue weighted by Crippen LogP contribution is -2.25. The van der Waals surface area contributed by atoms with E-state index in [4.69, 9.17) is 15.3 Å². The van der Waals surface area contributed by atoms with Crippen LogP contribution in [0.1, 0.15) is 18.5 Å². The van der Waals surface area contributed by atoms with Gasteiger partial charge in [0.15, 0.2) is 0 Å². The normalized spacial score (nSPS) is 12.3. The molecule has 1 rings (SSSR count). The quantitative estimate of drug-likeness (QED) is 0.561. The predicted octanol–water partition coefficient (Wildman–Crippen LogP) is 1.23. The summed E-state index contributed by atoms with van der Waals surface area (Å²) < 4.78 is 10.3. The van der Waals surface area contributed by atoms with Crippen LogP contribution >= 0.6 is 0 Å². The van der Waals surface area contributed by atoms with Gasteiger partial charge in [0.05, 0.1) is 14.2 Å². The van der Waals surface area contributed by atoms with Crippen LogP contribution in [0.4, 0.5) is 0 Å². The highest BCUT2D eigenvalue weighted by atomic mass is 16.5. The van der Waals surface area contributed by atoms with Gasteiger partial charge in [-0.15, -0.1) is 0 Å². The van der Waals surface area contributed by atoms with Crippen molar-refractivity contribution in [2.75, 3.05) is 14.2 Å². The molecule has 0 unspecified atom stereocenters. The molecule has 1 aromatic carbocycles. The van der Waals surface area contributed by atoms with Crippen molar-refractivity contribution in [3.8, 4) is 11.5 Å². The van der Waals surface area contributed by atoms with Crippen molar-refractivity contribution in [2.24, 2.45) is 5.84 Å². The van der Waals surface area contributed by atoms with Crippen LogP contribution in [0.5, 0.6) is 11.5 Å². The lowest BCUT2D eigenvalue weighted by Gasteiger charge is -2.15. The molecule has 0 heterocycles. The Labute approximate surface area is 84.0 Å². The number of hydrazine groups is 1. The summed E-state index contributed by atoms with van der Waals surface area (Å²) in [6.07, 6.45) is 0. The molecule has 0 aliphatic carbocycles. The van der Waals surface area contributed by atoms with Crippen molar-refractivity contribution < 1.29 is 9.47 Å². The van der Waals surface area contributed by atoms with Gasteiger partial charge < -0.3 is 9.47 Å². The first-order valence-corrected chi connectivity index (χ1v) is 4.41. The zero-order valence-electron chi connectivity index (χ0n) is 8.70. The molecule has 0 radical (unpaired) electrons. The van der Waals surface area contributed by atoms with E-state index in [9.17, 15) is 0 Å². The summed E-state index contributed by atoms with van der Waals surface area (Å²) >= 11 is 0. The first kappa shape index (κ1) is 10.8. The van der Waals surface area contributed by atoms with Crippen LogP contribution in [-0.4, -0.2) is 14.2 Å². The molecule has 0 amide bonds. The third-order valence-corrected chi connectivity index (χ3v) is 2.15. The largest absolute Gasteiger partial charge is 0.497 e. The molecule has 0 bridgehead atoms. The van der Waals surface area contributed by atoms with Gasteiger partial charge in [0.2, 0.25) is 0 Å². The van der Waals surface area contributed by atoms with E-state index >= 15 is 0 Å². The molecule has 1 atom stereocenters. The smallest absolute Gasteiger partial charge is 0.123 e. The van der Waals surface area contributed by atoms with E-state index in [1.54, 1.807) is 14.2 Å². The minimum absolute atomic E-state index is 0.0278. The Hall–Kier alpha value is -1.26. The molecular weight excluding hydrogens is 180 g/mol. The van der Waals surface area contributed by atoms with Crippen LogP contribution < -0.4 is 20.7 Å². The van der Waals surface area contributed by atoms with Gasteiger partial charge >= 0.3 is 0 Å². The number of nitrogens with two attached hydrogens (primary N) is 1. The maximum Gasteiger partial charge on any atom is 0.123 e. The van der Waals surface area contributed by atoms with E-state index in [0.29, 0.717) is 0 Å². The van der Waals surface area contributed by atoms with Gasteiger partial charge in [0.1, 0.15) is 11.5 Å². The highest BCUT2D eigenvalue weighted by molar-refractivity contribution is 5.41. The second-order valence-corrected chi connectivity index (χ2v) is 3.00. The van der Waals surface area contributed by atoms with Crippen LogP contribution in [-0.2, 0) is 0 Å². The Morgan fingerprint density at radius 1 is 1.29 bits per heavy atom. The first-order valence-electron chi connectivity index (χ1n) is 4.41. The van der Waals surface area contributed by atoms with Gasteiger partial charge in [-0.25, -0.2) is 0 Å². The Morgan fingerprint density at radius 2 is 2.00 bits per heavy atom. The summed E-state index contributed by atoms with van der Waals surface area (Å²) in [6.45, 7) is 1.96. The van der Waals surface area contributed by atoms with Crippen molar-refractivity contribution in [1.29, 1.82) is 0 Å². The van der Waals surface area contributed by atoms with Gasteiger partial charge in [-0.1, -0.05) is 0 Å². The van der Waals surface area contributed by atoms with Crippen molar-refractivity contribution in [3.05, 3.63) is 23.8 Å². The number of rotatable bonds is 4. The van der Waals surface area contributed by atoms with Gasteiger partial charge in [0.25, 0.3) is 0 Å². The molecule has 0 saturated carbocycles. The maximum atomic E-state index is 5.37. The van der Waals surface area contributed by atoms with Crippen LogP contribution in [0, 0.1) is 0 Å². The average molecular weight is 196 g/mol. The van der Waals surface area contributed by atoms with E-state index in [-0.39, 0.29) is 6.04 Å². The Bertz CT molecular complexity index is 302. The number of hydrogen-bond donors (Lipinski definition) is 2. The maximum absolute atomic E-state index is 5.37. The third kappa shape index (κ3) is 2.16. The van der Waals surface area contributed by atoms with Gasteiger partial charge in [-0.2, -0.15) is 0 Å². The van der Waals surface area contributed by atoms with E-state index in [1.165, 1.54) is 0 Å². The molecule has 78 valence electrons. The molecule has 0 aliphatic rings. The molecule has 0 aromatic heterocycles. The van der Waals surface area contributed by atoms with Crippen LogP contribution in [0.3, 0.4) is 0 Å². The monoisotopic (exact) mass is 196 g/mol. The van der Waals surface area contributed by atoms with Crippen molar-refractivity contribution in [1.82, 2.24) is 5.43 Å². The molecule has 4 heteroatoms. The minimum atomic E-state index is 0.0278. The number of methoxy groups -OCH3 is 2. The Morgan fingerprint density at radius 3 is 2.50 bits per heavy atom. The van der Waals surface area contributed by atoms with Crippen molar-refractivity contribution >= 4 is 0 Å². The molecule has 1 aromatic rings. The summed E-state index contributed by atoms with van der Waals surface area (Å²) in [6, 6.07) is 5.65. The van der Waals surface area contributed by atoms with Gasteiger partial charge in [-0.05, 0) is 25.1 Å². The Balaban J connectivity index is 3.08. The standard InChI is InChI=1S/C10H16N2O2/c1-7(12-11)9-6-8(13-2)4-5-10(9)14-3/h4-7,12H,11H2,1-3H3/t7-/m0/s1. The number of ether oxygens (including phenoxy) is 2. The van der Waals surface area contributed by atoms with E-state index in [0.717, 1.165) is 17.1 Å². The molecule has 0 saturated heterocycles. The van der Waals surface area contributed by atoms with Gasteiger partial charge in [0, 0.05) is 11.6 Å². The van der Waals surface area contributed by atoms with E-state index in [2.05, 4.69) is 5.43 Å². The average Bonchev–Trinajstić information content (AvgIpc) is 2.27. The second kappa shape index (κ2) is 4.83. The lowest BCUT2D eigenvalue weighted by molar-refractivity contribution is 0.392. The molecule has 4 nitrogen and oxygen atoms in total. The zero-order chi connectivity index (χ0) is 10.6. The third-order valence-electron chi connectivity index (χ3n) is 2.15. The second-order valence-electron chi connectivity index (χ2n) is 3.00. The SMILES string of the molecule is COc1ccc(OC)c([C@H](C)NN)c1. The highest BCUT2D eigenvalue weighted by Crippen LogP contribution is 2.28. The highest BCUT2D eigenvalue weighted by Gasteiger charge is 2.10. The molecular formula is C10H16N2O2. The minimum Gasteiger partial charge on any atom is -0.497 e. The fraction of sp³-hybridized carbons (Fsp3) is 0.400. The predicted molar refractivity (Wildman–Crippen MR) is 55.3 cm³/mol. The summed E-state index contributed by atoms with van der Waals surface area (Å²) in [5.41, 5.74) is 3.65. The van der Waals surface area contributed by atoms with Crippen molar-refractivity contribution in [2.45, 2.75) is 13.0 Å². The first-order chi connectivity index (χ1) is 6.72. The number of benzene rings is 1. The number of hydrogen-bond acceptors (Lipinski definition) is 4. The van der Waals surface area contributed by atoms with Crippen LogP contribution in [0.2, 0.25) is 0 Å². The summed E-state index contributed by atoms with van der Waals surface area (Å²) in [7, 11) is 3.26.